The molecule has 0 bridgehead atoms. The lowest BCUT2D eigenvalue weighted by molar-refractivity contribution is 0.100. The van der Waals surface area contributed by atoms with Crippen molar-refractivity contribution in [3.63, 3.8) is 0 Å². The molecule has 7 heteroatoms. The van der Waals surface area contributed by atoms with Crippen LogP contribution in [0.3, 0.4) is 0 Å². The highest BCUT2D eigenvalue weighted by atomic mass is 32.2. The first-order chi connectivity index (χ1) is 8.29. The maximum Gasteiger partial charge on any atom is 0.408 e. The maximum atomic E-state index is 12.1. The quantitative estimate of drug-likeness (QED) is 0.761. The van der Waals surface area contributed by atoms with Crippen LogP contribution in [0.1, 0.15) is 12.8 Å². The minimum atomic E-state index is -3.49. The number of piperidine rings is 1. The molecule has 1 heterocycles. The second-order valence-electron chi connectivity index (χ2n) is 4.69. The van der Waals surface area contributed by atoms with E-state index in [9.17, 15) is 13.2 Å². The number of carbonyl (C=O) groups is 1. The molecule has 1 N–H and O–H groups in total. The van der Waals surface area contributed by atoms with E-state index in [1.165, 1.54) is 6.08 Å². The van der Waals surface area contributed by atoms with Crippen LogP contribution >= 0.6 is 0 Å². The highest BCUT2D eigenvalue weighted by Gasteiger charge is 2.39. The smallest absolute Gasteiger partial charge is 0.408 e. The number of sulfone groups is 1. The molecule has 0 spiro atoms. The third-order valence-corrected chi connectivity index (χ3v) is 5.24. The fourth-order valence-corrected chi connectivity index (χ4v) is 3.86. The number of amides is 1. The SMILES string of the molecule is C=CCS(=O)(=O)C1CC(N(C)C)CCN1C(=O)O. The van der Waals surface area contributed by atoms with Gasteiger partial charge in [-0.1, -0.05) is 6.08 Å². The van der Waals surface area contributed by atoms with Gasteiger partial charge in [0.05, 0.1) is 5.75 Å². The number of carboxylic acid groups (broad SMARTS) is 1. The Hall–Kier alpha value is -1.08. The van der Waals surface area contributed by atoms with Gasteiger partial charge in [0.15, 0.2) is 9.84 Å². The van der Waals surface area contributed by atoms with E-state index in [2.05, 4.69) is 6.58 Å². The zero-order chi connectivity index (χ0) is 13.9. The Balaban J connectivity index is 2.98. The zero-order valence-electron chi connectivity index (χ0n) is 10.7. The third-order valence-electron chi connectivity index (χ3n) is 3.27. The van der Waals surface area contributed by atoms with Gasteiger partial charge in [-0.25, -0.2) is 13.2 Å². The number of hydrogen-bond acceptors (Lipinski definition) is 4. The highest BCUT2D eigenvalue weighted by molar-refractivity contribution is 7.92. The van der Waals surface area contributed by atoms with Crippen LogP contribution < -0.4 is 0 Å². The minimum Gasteiger partial charge on any atom is -0.465 e. The monoisotopic (exact) mass is 276 g/mol. The predicted octanol–water partition coefficient (Wildman–Crippen LogP) is 0.617. The summed E-state index contributed by atoms with van der Waals surface area (Å²) in [5, 5.41) is 8.12. The molecule has 0 saturated carbocycles. The number of hydrogen-bond donors (Lipinski definition) is 1. The van der Waals surface area contributed by atoms with Crippen LogP contribution in [0.4, 0.5) is 4.79 Å². The molecule has 0 aliphatic carbocycles. The molecule has 1 amide bonds. The Morgan fingerprint density at radius 2 is 2.17 bits per heavy atom. The van der Waals surface area contributed by atoms with Crippen molar-refractivity contribution in [2.75, 3.05) is 26.4 Å². The van der Waals surface area contributed by atoms with Crippen LogP contribution in [0.2, 0.25) is 0 Å². The molecule has 104 valence electrons. The van der Waals surface area contributed by atoms with Crippen LogP contribution in [-0.2, 0) is 9.84 Å². The van der Waals surface area contributed by atoms with Gasteiger partial charge in [0, 0.05) is 12.6 Å². The Morgan fingerprint density at radius 1 is 1.56 bits per heavy atom. The van der Waals surface area contributed by atoms with Crippen molar-refractivity contribution in [3.05, 3.63) is 12.7 Å². The first-order valence-corrected chi connectivity index (χ1v) is 7.49. The molecule has 6 nitrogen and oxygen atoms in total. The van der Waals surface area contributed by atoms with Crippen molar-refractivity contribution >= 4 is 15.9 Å². The van der Waals surface area contributed by atoms with Crippen molar-refractivity contribution in [1.29, 1.82) is 0 Å². The number of likely N-dealkylation sites (tertiary alicyclic amines) is 1. The third kappa shape index (κ3) is 3.23. The summed E-state index contributed by atoms with van der Waals surface area (Å²) in [6, 6.07) is 0.0881. The molecule has 1 saturated heterocycles. The molecular weight excluding hydrogens is 256 g/mol. The lowest BCUT2D eigenvalue weighted by Crippen LogP contribution is -2.53. The van der Waals surface area contributed by atoms with Crippen molar-refractivity contribution in [2.45, 2.75) is 24.3 Å². The standard InChI is InChI=1S/C11H20N2O4S/c1-4-7-18(16,17)10-8-9(12(2)3)5-6-13(10)11(14)15/h4,9-10H,1,5-8H2,2-3H3,(H,14,15). The lowest BCUT2D eigenvalue weighted by atomic mass is 10.0. The summed E-state index contributed by atoms with van der Waals surface area (Å²) < 4.78 is 24.1. The summed E-state index contributed by atoms with van der Waals surface area (Å²) in [6.45, 7) is 3.66. The van der Waals surface area contributed by atoms with Gasteiger partial charge in [-0.2, -0.15) is 0 Å². The van der Waals surface area contributed by atoms with Crippen LogP contribution in [0.25, 0.3) is 0 Å². The van der Waals surface area contributed by atoms with Gasteiger partial charge in [0.1, 0.15) is 5.37 Å². The van der Waals surface area contributed by atoms with E-state index in [0.717, 1.165) is 4.90 Å². The second-order valence-corrected chi connectivity index (χ2v) is 6.89. The van der Waals surface area contributed by atoms with Crippen molar-refractivity contribution in [2.24, 2.45) is 0 Å². The van der Waals surface area contributed by atoms with E-state index in [1.54, 1.807) is 0 Å². The van der Waals surface area contributed by atoms with Crippen LogP contribution in [-0.4, -0.2) is 67.2 Å². The fraction of sp³-hybridized carbons (Fsp3) is 0.727. The normalized spacial score (nSPS) is 25.2. The van der Waals surface area contributed by atoms with Gasteiger partial charge in [0.2, 0.25) is 0 Å². The summed E-state index contributed by atoms with van der Waals surface area (Å²) in [7, 11) is 0.253. The zero-order valence-corrected chi connectivity index (χ0v) is 11.6. The molecule has 2 unspecified atom stereocenters. The summed E-state index contributed by atoms with van der Waals surface area (Å²) in [5.41, 5.74) is 0. The molecule has 0 radical (unpaired) electrons. The molecule has 1 aliphatic heterocycles. The summed E-state index contributed by atoms with van der Waals surface area (Å²) >= 11 is 0. The summed E-state index contributed by atoms with van der Waals surface area (Å²) in [5.74, 6) is -0.193. The van der Waals surface area contributed by atoms with Crippen molar-refractivity contribution < 1.29 is 18.3 Å². The average Bonchev–Trinajstić information content (AvgIpc) is 2.27. The van der Waals surface area contributed by atoms with E-state index >= 15 is 0 Å². The molecular formula is C11H20N2O4S. The van der Waals surface area contributed by atoms with E-state index in [1.807, 2.05) is 19.0 Å². The molecule has 2 atom stereocenters. The molecule has 0 aromatic rings. The van der Waals surface area contributed by atoms with E-state index in [4.69, 9.17) is 5.11 Å². The van der Waals surface area contributed by atoms with Crippen molar-refractivity contribution in [3.8, 4) is 0 Å². The van der Waals surface area contributed by atoms with Gasteiger partial charge in [-0.3, -0.25) is 4.90 Å². The minimum absolute atomic E-state index is 0.0881. The number of rotatable bonds is 4. The van der Waals surface area contributed by atoms with Gasteiger partial charge in [0.25, 0.3) is 0 Å². The Bertz CT molecular complexity index is 419. The first kappa shape index (κ1) is 15.0. The summed E-state index contributed by atoms with van der Waals surface area (Å²) in [6.07, 6.45) is 1.09. The largest absolute Gasteiger partial charge is 0.465 e. The molecule has 1 fully saturated rings. The molecule has 1 rings (SSSR count). The topological polar surface area (TPSA) is 77.9 Å². The number of nitrogens with zero attached hydrogens (tertiary/aromatic N) is 2. The molecule has 1 aliphatic rings. The Labute approximate surface area is 108 Å². The van der Waals surface area contributed by atoms with E-state index in [-0.39, 0.29) is 18.3 Å². The van der Waals surface area contributed by atoms with Crippen LogP contribution in [0, 0.1) is 0 Å². The van der Waals surface area contributed by atoms with Gasteiger partial charge >= 0.3 is 6.09 Å². The second kappa shape index (κ2) is 5.71. The average molecular weight is 276 g/mol. The van der Waals surface area contributed by atoms with Gasteiger partial charge < -0.3 is 10.0 Å². The van der Waals surface area contributed by atoms with E-state index < -0.39 is 21.3 Å². The molecule has 18 heavy (non-hydrogen) atoms. The predicted molar refractivity (Wildman–Crippen MR) is 69.2 cm³/mol. The van der Waals surface area contributed by atoms with Gasteiger partial charge in [-0.05, 0) is 26.9 Å². The van der Waals surface area contributed by atoms with E-state index in [0.29, 0.717) is 12.8 Å². The Morgan fingerprint density at radius 3 is 2.61 bits per heavy atom. The fourth-order valence-electron chi connectivity index (χ4n) is 2.21. The Kier molecular flexibility index (Phi) is 4.75. The molecule has 0 aromatic carbocycles. The summed E-state index contributed by atoms with van der Waals surface area (Å²) in [4.78, 5) is 14.1. The highest BCUT2D eigenvalue weighted by Crippen LogP contribution is 2.25. The van der Waals surface area contributed by atoms with Crippen molar-refractivity contribution in [1.82, 2.24) is 9.80 Å². The lowest BCUT2D eigenvalue weighted by Gasteiger charge is -2.39. The van der Waals surface area contributed by atoms with Crippen LogP contribution in [0.5, 0.6) is 0 Å². The van der Waals surface area contributed by atoms with Gasteiger partial charge in [-0.15, -0.1) is 6.58 Å². The molecule has 0 aromatic heterocycles. The maximum absolute atomic E-state index is 12.1. The van der Waals surface area contributed by atoms with Crippen LogP contribution in [0.15, 0.2) is 12.7 Å². The first-order valence-electron chi connectivity index (χ1n) is 5.78.